The highest BCUT2D eigenvalue weighted by Crippen LogP contribution is 2.28. The van der Waals surface area contributed by atoms with Gasteiger partial charge in [-0.15, -0.1) is 0 Å². The maximum atomic E-state index is 11.5. The van der Waals surface area contributed by atoms with Crippen molar-refractivity contribution < 1.29 is 9.53 Å². The lowest BCUT2D eigenvalue weighted by Gasteiger charge is -2.42. The fraction of sp³-hybridized carbons (Fsp3) is 0.412. The minimum atomic E-state index is -0.245. The first-order chi connectivity index (χ1) is 9.98. The normalized spacial score (nSPS) is 21.5. The summed E-state index contributed by atoms with van der Waals surface area (Å²) in [5, 5.41) is 0.990. The molecular formula is C17H20N2O2. The number of carbonyl (C=O) groups is 1. The third-order valence-corrected chi connectivity index (χ3v) is 3.73. The fourth-order valence-corrected chi connectivity index (χ4v) is 3.08. The molecule has 0 N–H and O–H groups in total. The zero-order valence-corrected chi connectivity index (χ0v) is 12.7. The Morgan fingerprint density at radius 3 is 2.86 bits per heavy atom. The smallest absolute Gasteiger partial charge is 0.153 e. The average molecular weight is 284 g/mol. The van der Waals surface area contributed by atoms with Crippen LogP contribution in [0.3, 0.4) is 0 Å². The molecule has 1 unspecified atom stereocenters. The third kappa shape index (κ3) is 2.76. The van der Waals surface area contributed by atoms with E-state index in [0.29, 0.717) is 5.56 Å². The van der Waals surface area contributed by atoms with Gasteiger partial charge in [-0.25, -0.2) is 4.98 Å². The number of fused-ring (bicyclic) bond motifs is 1. The van der Waals surface area contributed by atoms with E-state index < -0.39 is 0 Å². The van der Waals surface area contributed by atoms with Crippen molar-refractivity contribution in [3.05, 3.63) is 35.9 Å². The van der Waals surface area contributed by atoms with Crippen LogP contribution in [-0.2, 0) is 4.74 Å². The van der Waals surface area contributed by atoms with E-state index in [4.69, 9.17) is 9.72 Å². The molecule has 0 saturated carbocycles. The standard InChI is InChI=1S/C17H20N2O2/c1-12-9-19(11-17(2,3)21-12)16-14(10-20)8-13-6-4-5-7-15(13)18-16/h4-8,10,12H,9,11H2,1-3H3. The molecule has 0 bridgehead atoms. The monoisotopic (exact) mass is 284 g/mol. The number of nitrogens with zero attached hydrogens (tertiary/aromatic N) is 2. The SMILES string of the molecule is CC1CN(c2nc3ccccc3cc2C=O)CC(C)(C)O1. The van der Waals surface area contributed by atoms with Crippen LogP contribution in [-0.4, -0.2) is 36.1 Å². The number of hydrogen-bond donors (Lipinski definition) is 0. The third-order valence-electron chi connectivity index (χ3n) is 3.73. The van der Waals surface area contributed by atoms with E-state index in [1.54, 1.807) is 0 Å². The van der Waals surface area contributed by atoms with E-state index in [1.165, 1.54) is 0 Å². The number of pyridine rings is 1. The second kappa shape index (κ2) is 5.11. The van der Waals surface area contributed by atoms with Crippen molar-refractivity contribution in [3.8, 4) is 0 Å². The quantitative estimate of drug-likeness (QED) is 0.795. The van der Waals surface area contributed by atoms with Crippen LogP contribution < -0.4 is 4.90 Å². The lowest BCUT2D eigenvalue weighted by Crippen LogP contribution is -2.52. The maximum Gasteiger partial charge on any atom is 0.153 e. The molecule has 110 valence electrons. The Morgan fingerprint density at radius 1 is 1.38 bits per heavy atom. The van der Waals surface area contributed by atoms with Crippen LogP contribution in [0.25, 0.3) is 10.9 Å². The van der Waals surface area contributed by atoms with Gasteiger partial charge in [0.15, 0.2) is 6.29 Å². The van der Waals surface area contributed by atoms with Crippen LogP contribution in [0.2, 0.25) is 0 Å². The summed E-state index contributed by atoms with van der Waals surface area (Å²) in [6.07, 6.45) is 1.00. The minimum Gasteiger partial charge on any atom is -0.369 e. The summed E-state index contributed by atoms with van der Waals surface area (Å²) in [7, 11) is 0. The molecule has 0 amide bonds. The van der Waals surface area contributed by atoms with Crippen molar-refractivity contribution >= 4 is 23.0 Å². The summed E-state index contributed by atoms with van der Waals surface area (Å²) in [5.74, 6) is 0.756. The topological polar surface area (TPSA) is 42.4 Å². The highest BCUT2D eigenvalue weighted by Gasteiger charge is 2.32. The molecule has 1 saturated heterocycles. The van der Waals surface area contributed by atoms with Crippen molar-refractivity contribution in [3.63, 3.8) is 0 Å². The number of para-hydroxylation sites is 1. The van der Waals surface area contributed by atoms with Crippen LogP contribution in [0.15, 0.2) is 30.3 Å². The van der Waals surface area contributed by atoms with Crippen LogP contribution >= 0.6 is 0 Å². The second-order valence-corrected chi connectivity index (χ2v) is 6.28. The van der Waals surface area contributed by atoms with E-state index in [0.717, 1.165) is 36.1 Å². The van der Waals surface area contributed by atoms with Crippen molar-refractivity contribution in [2.45, 2.75) is 32.5 Å². The highest BCUT2D eigenvalue weighted by molar-refractivity contribution is 5.91. The second-order valence-electron chi connectivity index (χ2n) is 6.28. The van der Waals surface area contributed by atoms with Gasteiger partial charge in [-0.1, -0.05) is 18.2 Å². The van der Waals surface area contributed by atoms with Gasteiger partial charge >= 0.3 is 0 Å². The molecule has 1 aliphatic rings. The minimum absolute atomic E-state index is 0.113. The number of anilines is 1. The zero-order chi connectivity index (χ0) is 15.0. The van der Waals surface area contributed by atoms with Gasteiger partial charge < -0.3 is 9.64 Å². The number of hydrogen-bond acceptors (Lipinski definition) is 4. The first kappa shape index (κ1) is 14.0. The molecule has 1 aromatic carbocycles. The first-order valence-corrected chi connectivity index (χ1v) is 7.26. The lowest BCUT2D eigenvalue weighted by molar-refractivity contribution is -0.0751. The van der Waals surface area contributed by atoms with Gasteiger partial charge in [-0.2, -0.15) is 0 Å². The molecule has 0 spiro atoms. The Hall–Kier alpha value is -1.94. The predicted molar refractivity (Wildman–Crippen MR) is 84.0 cm³/mol. The van der Waals surface area contributed by atoms with Gasteiger partial charge in [0.25, 0.3) is 0 Å². The largest absolute Gasteiger partial charge is 0.369 e. The molecule has 0 radical (unpaired) electrons. The predicted octanol–water partition coefficient (Wildman–Crippen LogP) is 3.05. The molecule has 1 aromatic heterocycles. The van der Waals surface area contributed by atoms with Crippen molar-refractivity contribution in [1.82, 2.24) is 4.98 Å². The Kier molecular flexibility index (Phi) is 3.41. The average Bonchev–Trinajstić information content (AvgIpc) is 2.43. The molecule has 1 aliphatic heterocycles. The van der Waals surface area contributed by atoms with Crippen molar-refractivity contribution in [1.29, 1.82) is 0 Å². The molecule has 4 heteroatoms. The molecule has 3 rings (SSSR count). The summed E-state index contributed by atoms with van der Waals surface area (Å²) in [5.41, 5.74) is 1.30. The Morgan fingerprint density at radius 2 is 2.14 bits per heavy atom. The molecule has 2 heterocycles. The molecule has 4 nitrogen and oxygen atoms in total. The van der Waals surface area contributed by atoms with E-state index >= 15 is 0 Å². The van der Waals surface area contributed by atoms with Crippen molar-refractivity contribution in [2.75, 3.05) is 18.0 Å². The van der Waals surface area contributed by atoms with E-state index in [1.807, 2.05) is 30.3 Å². The highest BCUT2D eigenvalue weighted by atomic mass is 16.5. The van der Waals surface area contributed by atoms with Gasteiger partial charge in [0.05, 0.1) is 22.8 Å². The summed E-state index contributed by atoms with van der Waals surface area (Å²) < 4.78 is 5.93. The van der Waals surface area contributed by atoms with Gasteiger partial charge in [0, 0.05) is 18.5 Å². The van der Waals surface area contributed by atoms with Gasteiger partial charge in [0.2, 0.25) is 0 Å². The summed E-state index contributed by atoms with van der Waals surface area (Å²) in [4.78, 5) is 18.3. The Labute approximate surface area is 124 Å². The van der Waals surface area contributed by atoms with Crippen molar-refractivity contribution in [2.24, 2.45) is 0 Å². The summed E-state index contributed by atoms with van der Waals surface area (Å²) >= 11 is 0. The first-order valence-electron chi connectivity index (χ1n) is 7.26. The Bertz CT molecular complexity index is 682. The maximum absolute atomic E-state index is 11.5. The zero-order valence-electron chi connectivity index (χ0n) is 12.7. The van der Waals surface area contributed by atoms with E-state index in [2.05, 4.69) is 25.7 Å². The van der Waals surface area contributed by atoms with Crippen LogP contribution in [0.5, 0.6) is 0 Å². The number of ether oxygens (including phenoxy) is 1. The number of benzene rings is 1. The fourth-order valence-electron chi connectivity index (χ4n) is 3.08. The molecule has 1 atom stereocenters. The molecule has 2 aromatic rings. The molecule has 1 fully saturated rings. The van der Waals surface area contributed by atoms with Gasteiger partial charge in [-0.05, 0) is 32.9 Å². The molecule has 0 aliphatic carbocycles. The number of rotatable bonds is 2. The van der Waals surface area contributed by atoms with Crippen LogP contribution in [0.4, 0.5) is 5.82 Å². The van der Waals surface area contributed by atoms with E-state index in [9.17, 15) is 4.79 Å². The van der Waals surface area contributed by atoms with Gasteiger partial charge in [-0.3, -0.25) is 4.79 Å². The van der Waals surface area contributed by atoms with Gasteiger partial charge in [0.1, 0.15) is 5.82 Å². The van der Waals surface area contributed by atoms with Crippen LogP contribution in [0.1, 0.15) is 31.1 Å². The lowest BCUT2D eigenvalue weighted by atomic mass is 10.0. The number of carbonyl (C=O) groups excluding carboxylic acids is 1. The molecule has 21 heavy (non-hydrogen) atoms. The Balaban J connectivity index is 2.08. The van der Waals surface area contributed by atoms with Crippen LogP contribution in [0, 0.1) is 0 Å². The van der Waals surface area contributed by atoms with E-state index in [-0.39, 0.29) is 11.7 Å². The molecular weight excluding hydrogens is 264 g/mol. The summed E-state index contributed by atoms with van der Waals surface area (Å²) in [6.45, 7) is 7.66. The summed E-state index contributed by atoms with van der Waals surface area (Å²) in [6, 6.07) is 9.79. The number of aromatic nitrogens is 1. The number of morpholine rings is 1. The number of aldehydes is 1.